The normalized spacial score (nSPS) is 15.4. The van der Waals surface area contributed by atoms with Crippen molar-refractivity contribution < 1.29 is 14.3 Å². The van der Waals surface area contributed by atoms with Gasteiger partial charge in [0.15, 0.2) is 0 Å². The molecule has 7 heteroatoms. The van der Waals surface area contributed by atoms with Crippen LogP contribution >= 0.6 is 0 Å². The molecule has 5 rings (SSSR count). The lowest BCUT2D eigenvalue weighted by atomic mass is 10.0. The summed E-state index contributed by atoms with van der Waals surface area (Å²) < 4.78 is 13.9. The maximum Gasteiger partial charge on any atom is 0.251 e. The third-order valence-corrected chi connectivity index (χ3v) is 6.22. The molecule has 174 valence electrons. The van der Waals surface area contributed by atoms with Gasteiger partial charge >= 0.3 is 0 Å². The molecule has 4 aromatic rings. The molecule has 1 saturated heterocycles. The highest BCUT2D eigenvalue weighted by molar-refractivity contribution is 5.94. The SMILES string of the molecule is CNC(=O)c1cccc(Oc2ccc3c(c2)nc(Nc2ccc(C)c(C4CCCO4)c2)n3C)c1. The average molecular weight is 457 g/mol. The number of benzene rings is 3. The van der Waals surface area contributed by atoms with Crippen molar-refractivity contribution >= 4 is 28.6 Å². The number of ether oxygens (including phenoxy) is 2. The van der Waals surface area contributed by atoms with Gasteiger partial charge < -0.3 is 24.7 Å². The van der Waals surface area contributed by atoms with E-state index in [-0.39, 0.29) is 12.0 Å². The summed E-state index contributed by atoms with van der Waals surface area (Å²) in [4.78, 5) is 16.7. The minimum absolute atomic E-state index is 0.153. The van der Waals surface area contributed by atoms with Crippen molar-refractivity contribution in [2.75, 3.05) is 19.0 Å². The van der Waals surface area contributed by atoms with Gasteiger partial charge in [0, 0.05) is 38.0 Å². The summed E-state index contributed by atoms with van der Waals surface area (Å²) in [6.45, 7) is 2.95. The van der Waals surface area contributed by atoms with E-state index in [9.17, 15) is 4.79 Å². The van der Waals surface area contributed by atoms with Gasteiger partial charge in [-0.05, 0) is 73.4 Å². The number of aryl methyl sites for hydroxylation is 2. The van der Waals surface area contributed by atoms with Gasteiger partial charge in [-0.1, -0.05) is 12.1 Å². The van der Waals surface area contributed by atoms with Crippen molar-refractivity contribution in [2.45, 2.75) is 25.9 Å². The van der Waals surface area contributed by atoms with Crippen LogP contribution in [0, 0.1) is 6.92 Å². The van der Waals surface area contributed by atoms with Gasteiger partial charge in [0.05, 0.1) is 17.1 Å². The molecule has 1 amide bonds. The zero-order valence-electron chi connectivity index (χ0n) is 19.6. The molecule has 2 N–H and O–H groups in total. The Bertz CT molecular complexity index is 1360. The molecule has 7 nitrogen and oxygen atoms in total. The largest absolute Gasteiger partial charge is 0.457 e. The number of anilines is 2. The van der Waals surface area contributed by atoms with E-state index in [2.05, 4.69) is 35.8 Å². The second-order valence-corrected chi connectivity index (χ2v) is 8.55. The van der Waals surface area contributed by atoms with Crippen LogP contribution in [0.25, 0.3) is 11.0 Å². The fourth-order valence-corrected chi connectivity index (χ4v) is 4.35. The summed E-state index contributed by atoms with van der Waals surface area (Å²) in [5.41, 5.74) is 5.81. The Morgan fingerprint density at radius 3 is 2.76 bits per heavy atom. The lowest BCUT2D eigenvalue weighted by Gasteiger charge is -2.15. The molecule has 1 unspecified atom stereocenters. The van der Waals surface area contributed by atoms with Crippen LogP contribution in [0.15, 0.2) is 60.7 Å². The van der Waals surface area contributed by atoms with E-state index in [1.807, 2.05) is 35.9 Å². The predicted octanol–water partition coefficient (Wildman–Crippen LogP) is 5.63. The molecule has 1 aliphatic heterocycles. The first-order valence-corrected chi connectivity index (χ1v) is 11.5. The van der Waals surface area contributed by atoms with Crippen LogP contribution in [-0.2, 0) is 11.8 Å². The van der Waals surface area contributed by atoms with Crippen molar-refractivity contribution in [3.8, 4) is 11.5 Å². The van der Waals surface area contributed by atoms with E-state index in [1.54, 1.807) is 25.2 Å². The highest BCUT2D eigenvalue weighted by atomic mass is 16.5. The highest BCUT2D eigenvalue weighted by Crippen LogP contribution is 2.33. The van der Waals surface area contributed by atoms with Gasteiger partial charge in [0.1, 0.15) is 11.5 Å². The highest BCUT2D eigenvalue weighted by Gasteiger charge is 2.20. The number of carbonyl (C=O) groups is 1. The zero-order valence-corrected chi connectivity index (χ0v) is 19.6. The molecule has 0 radical (unpaired) electrons. The van der Waals surface area contributed by atoms with E-state index in [4.69, 9.17) is 14.5 Å². The Kier molecular flexibility index (Phi) is 5.94. The summed E-state index contributed by atoms with van der Waals surface area (Å²) in [6, 6.07) is 19.2. The molecule has 1 aliphatic rings. The van der Waals surface area contributed by atoms with Gasteiger partial charge in [-0.2, -0.15) is 0 Å². The summed E-state index contributed by atoms with van der Waals surface area (Å²) in [7, 11) is 3.59. The first kappa shape index (κ1) is 22.0. The number of hydrogen-bond donors (Lipinski definition) is 2. The van der Waals surface area contributed by atoms with E-state index in [0.717, 1.165) is 42.1 Å². The minimum atomic E-state index is -0.153. The first-order chi connectivity index (χ1) is 16.5. The molecular formula is C27H28N4O3. The van der Waals surface area contributed by atoms with Crippen LogP contribution < -0.4 is 15.4 Å². The predicted molar refractivity (Wildman–Crippen MR) is 133 cm³/mol. The molecule has 0 saturated carbocycles. The quantitative estimate of drug-likeness (QED) is 0.393. The Morgan fingerprint density at radius 1 is 1.12 bits per heavy atom. The number of nitrogens with one attached hydrogen (secondary N) is 2. The molecule has 3 aromatic carbocycles. The maximum atomic E-state index is 11.9. The molecule has 0 spiro atoms. The molecule has 0 bridgehead atoms. The van der Waals surface area contributed by atoms with Crippen LogP contribution in [0.4, 0.5) is 11.6 Å². The van der Waals surface area contributed by atoms with Crippen molar-refractivity contribution in [3.05, 3.63) is 77.4 Å². The monoisotopic (exact) mass is 456 g/mol. The van der Waals surface area contributed by atoms with Crippen LogP contribution in [0.2, 0.25) is 0 Å². The standard InChI is InChI=1S/C27H28N4O3/c1-17-9-10-19(15-22(17)25-8-5-13-33-25)29-27-30-23-16-21(11-12-24(23)31(27)3)34-20-7-4-6-18(14-20)26(32)28-2/h4,6-7,9-12,14-16,25H,5,8,13H2,1-3H3,(H,28,32)(H,29,30). The number of imidazole rings is 1. The van der Waals surface area contributed by atoms with Gasteiger partial charge in [-0.3, -0.25) is 4.79 Å². The van der Waals surface area contributed by atoms with Crippen molar-refractivity contribution in [3.63, 3.8) is 0 Å². The molecule has 2 heterocycles. The second-order valence-electron chi connectivity index (χ2n) is 8.55. The molecular weight excluding hydrogens is 428 g/mol. The van der Waals surface area contributed by atoms with Gasteiger partial charge in [-0.15, -0.1) is 0 Å². The lowest BCUT2D eigenvalue weighted by Crippen LogP contribution is -2.17. The summed E-state index contributed by atoms with van der Waals surface area (Å²) in [5.74, 6) is 1.84. The summed E-state index contributed by atoms with van der Waals surface area (Å²) in [6.07, 6.45) is 2.34. The van der Waals surface area contributed by atoms with E-state index < -0.39 is 0 Å². The topological polar surface area (TPSA) is 77.4 Å². The van der Waals surface area contributed by atoms with E-state index in [1.165, 1.54) is 11.1 Å². The van der Waals surface area contributed by atoms with Crippen molar-refractivity contribution in [2.24, 2.45) is 7.05 Å². The molecule has 1 atom stereocenters. The summed E-state index contributed by atoms with van der Waals surface area (Å²) in [5, 5.41) is 6.09. The van der Waals surface area contributed by atoms with Crippen LogP contribution in [0.5, 0.6) is 11.5 Å². The van der Waals surface area contributed by atoms with Crippen molar-refractivity contribution in [1.29, 1.82) is 0 Å². The average Bonchev–Trinajstić information content (AvgIpc) is 3.48. The zero-order chi connectivity index (χ0) is 23.7. The van der Waals surface area contributed by atoms with Gasteiger partial charge in [-0.25, -0.2) is 4.98 Å². The fraction of sp³-hybridized carbons (Fsp3) is 0.259. The number of fused-ring (bicyclic) bond motifs is 1. The Labute approximate surface area is 198 Å². The molecule has 0 aliphatic carbocycles. The van der Waals surface area contributed by atoms with E-state index in [0.29, 0.717) is 17.1 Å². The molecule has 34 heavy (non-hydrogen) atoms. The number of rotatable bonds is 6. The summed E-state index contributed by atoms with van der Waals surface area (Å²) >= 11 is 0. The number of nitrogens with zero attached hydrogens (tertiary/aromatic N) is 2. The van der Waals surface area contributed by atoms with Gasteiger partial charge in [0.2, 0.25) is 5.95 Å². The van der Waals surface area contributed by atoms with E-state index >= 15 is 0 Å². The molecule has 1 fully saturated rings. The van der Waals surface area contributed by atoms with Gasteiger partial charge in [0.25, 0.3) is 5.91 Å². The van der Waals surface area contributed by atoms with Crippen LogP contribution in [0.3, 0.4) is 0 Å². The smallest absolute Gasteiger partial charge is 0.251 e. The maximum absolute atomic E-state index is 11.9. The third kappa shape index (κ3) is 4.34. The lowest BCUT2D eigenvalue weighted by molar-refractivity contribution is 0.0962. The number of aromatic nitrogens is 2. The second kappa shape index (κ2) is 9.19. The number of amides is 1. The minimum Gasteiger partial charge on any atom is -0.457 e. The molecule has 1 aromatic heterocycles. The first-order valence-electron chi connectivity index (χ1n) is 11.5. The third-order valence-electron chi connectivity index (χ3n) is 6.22. The fourth-order valence-electron chi connectivity index (χ4n) is 4.35. The Hall–Kier alpha value is -3.84. The Balaban J connectivity index is 1.39. The van der Waals surface area contributed by atoms with Crippen LogP contribution in [-0.4, -0.2) is 29.1 Å². The number of carbonyl (C=O) groups excluding carboxylic acids is 1. The van der Waals surface area contributed by atoms with Crippen LogP contribution in [0.1, 0.15) is 40.4 Å². The number of hydrogen-bond acceptors (Lipinski definition) is 5. The Morgan fingerprint density at radius 2 is 1.97 bits per heavy atom. The van der Waals surface area contributed by atoms with Crippen molar-refractivity contribution in [1.82, 2.24) is 14.9 Å².